The molecule has 1 saturated heterocycles. The lowest BCUT2D eigenvalue weighted by atomic mass is 10.1. The fourth-order valence-electron chi connectivity index (χ4n) is 2.40. The highest BCUT2D eigenvalue weighted by Gasteiger charge is 2.22. The summed E-state index contributed by atoms with van der Waals surface area (Å²) in [7, 11) is 1.76. The average Bonchev–Trinajstić information content (AvgIpc) is 2.69. The lowest BCUT2D eigenvalue weighted by Gasteiger charge is -2.24. The molecule has 1 rings (SSSR count). The van der Waals surface area contributed by atoms with Gasteiger partial charge in [0.2, 0.25) is 0 Å². The quantitative estimate of drug-likeness (QED) is 0.625. The first-order chi connectivity index (χ1) is 7.38. The van der Waals surface area contributed by atoms with Crippen molar-refractivity contribution in [3.63, 3.8) is 0 Å². The molecular formula is C12H25NO2. The van der Waals surface area contributed by atoms with Crippen LogP contribution in [-0.2, 0) is 4.74 Å². The minimum absolute atomic E-state index is 0.341. The Labute approximate surface area is 93.4 Å². The van der Waals surface area contributed by atoms with Crippen molar-refractivity contribution in [3.8, 4) is 0 Å². The molecule has 1 unspecified atom stereocenters. The number of aliphatic hydroxyl groups is 1. The van der Waals surface area contributed by atoms with E-state index in [0.717, 1.165) is 19.1 Å². The second-order valence-corrected chi connectivity index (χ2v) is 4.40. The van der Waals surface area contributed by atoms with Gasteiger partial charge in [0.05, 0.1) is 0 Å². The molecule has 15 heavy (non-hydrogen) atoms. The lowest BCUT2D eigenvalue weighted by Crippen LogP contribution is -2.30. The predicted molar refractivity (Wildman–Crippen MR) is 62.0 cm³/mol. The maximum atomic E-state index is 8.82. The highest BCUT2D eigenvalue weighted by molar-refractivity contribution is 4.78. The van der Waals surface area contributed by atoms with Gasteiger partial charge in [0.15, 0.2) is 0 Å². The van der Waals surface area contributed by atoms with E-state index in [2.05, 4.69) is 4.90 Å². The third kappa shape index (κ3) is 4.96. The summed E-state index contributed by atoms with van der Waals surface area (Å²) in [6.07, 6.45) is 7.19. The van der Waals surface area contributed by atoms with Crippen molar-refractivity contribution < 1.29 is 9.84 Å². The van der Waals surface area contributed by atoms with Crippen LogP contribution in [0.3, 0.4) is 0 Å². The largest absolute Gasteiger partial charge is 0.396 e. The van der Waals surface area contributed by atoms with Crippen LogP contribution < -0.4 is 0 Å². The van der Waals surface area contributed by atoms with E-state index in [1.54, 1.807) is 7.11 Å². The third-order valence-electron chi connectivity index (χ3n) is 3.24. The minimum atomic E-state index is 0.341. The Balaban J connectivity index is 2.09. The van der Waals surface area contributed by atoms with Crippen LogP contribution in [-0.4, -0.2) is 49.5 Å². The molecule has 0 aromatic heterocycles. The highest BCUT2D eigenvalue weighted by Crippen LogP contribution is 2.21. The van der Waals surface area contributed by atoms with Crippen molar-refractivity contribution in [1.29, 1.82) is 0 Å². The number of likely N-dealkylation sites (tertiary alicyclic amines) is 1. The van der Waals surface area contributed by atoms with Crippen LogP contribution in [0.4, 0.5) is 0 Å². The van der Waals surface area contributed by atoms with Crippen LogP contribution >= 0.6 is 0 Å². The number of hydrogen-bond acceptors (Lipinski definition) is 3. The Hall–Kier alpha value is -0.120. The van der Waals surface area contributed by atoms with E-state index >= 15 is 0 Å². The second-order valence-electron chi connectivity index (χ2n) is 4.40. The molecule has 0 aliphatic carbocycles. The molecule has 1 aliphatic rings. The zero-order valence-corrected chi connectivity index (χ0v) is 9.95. The Morgan fingerprint density at radius 2 is 2.20 bits per heavy atom. The van der Waals surface area contributed by atoms with Crippen molar-refractivity contribution >= 4 is 0 Å². The molecule has 0 aromatic carbocycles. The maximum Gasteiger partial charge on any atom is 0.0462 e. The summed E-state index contributed by atoms with van der Waals surface area (Å²) < 4.78 is 5.05. The number of aliphatic hydroxyl groups excluding tert-OH is 1. The van der Waals surface area contributed by atoms with E-state index in [-0.39, 0.29) is 0 Å². The van der Waals surface area contributed by atoms with E-state index in [1.807, 2.05) is 0 Å². The fraction of sp³-hybridized carbons (Fsp3) is 1.00. The minimum Gasteiger partial charge on any atom is -0.396 e. The van der Waals surface area contributed by atoms with Crippen molar-refractivity contribution in [2.75, 3.05) is 33.4 Å². The maximum absolute atomic E-state index is 8.82. The molecule has 0 amide bonds. The zero-order valence-electron chi connectivity index (χ0n) is 9.95. The molecule has 3 nitrogen and oxygen atoms in total. The number of rotatable bonds is 8. The number of unbranched alkanes of at least 4 members (excludes halogenated alkanes) is 1. The molecule has 1 fully saturated rings. The Bertz CT molecular complexity index is 153. The summed E-state index contributed by atoms with van der Waals surface area (Å²) in [6.45, 7) is 3.69. The van der Waals surface area contributed by atoms with Crippen molar-refractivity contribution in [2.24, 2.45) is 0 Å². The number of methoxy groups -OCH3 is 1. The van der Waals surface area contributed by atoms with Crippen molar-refractivity contribution in [3.05, 3.63) is 0 Å². The summed E-state index contributed by atoms with van der Waals surface area (Å²) in [5.41, 5.74) is 0. The second kappa shape index (κ2) is 8.08. The first-order valence-electron chi connectivity index (χ1n) is 6.22. The van der Waals surface area contributed by atoms with Gasteiger partial charge in [-0.15, -0.1) is 0 Å². The monoisotopic (exact) mass is 215 g/mol. The Morgan fingerprint density at radius 1 is 1.33 bits per heavy atom. The molecule has 1 atom stereocenters. The van der Waals surface area contributed by atoms with Gasteiger partial charge in [-0.3, -0.25) is 0 Å². The summed E-state index contributed by atoms with van der Waals surface area (Å²) in [5, 5.41) is 8.82. The molecular weight excluding hydrogens is 190 g/mol. The first kappa shape index (κ1) is 12.9. The fourth-order valence-corrected chi connectivity index (χ4v) is 2.40. The topological polar surface area (TPSA) is 32.7 Å². The molecule has 3 heteroatoms. The standard InChI is InChI=1S/C12H25NO2/c1-15-11-3-2-8-13-9-4-6-12(13)7-5-10-14/h12,14H,2-11H2,1H3. The van der Waals surface area contributed by atoms with Gasteiger partial charge in [-0.1, -0.05) is 0 Å². The predicted octanol–water partition coefficient (Wildman–Crippen LogP) is 1.65. The van der Waals surface area contributed by atoms with Gasteiger partial charge in [-0.05, 0) is 51.6 Å². The van der Waals surface area contributed by atoms with E-state index in [0.29, 0.717) is 6.61 Å². The van der Waals surface area contributed by atoms with E-state index in [4.69, 9.17) is 9.84 Å². The average molecular weight is 215 g/mol. The summed E-state index contributed by atoms with van der Waals surface area (Å²) in [4.78, 5) is 2.59. The zero-order chi connectivity index (χ0) is 10.9. The smallest absolute Gasteiger partial charge is 0.0462 e. The molecule has 1 N–H and O–H groups in total. The Kier molecular flexibility index (Phi) is 6.98. The molecule has 0 bridgehead atoms. The highest BCUT2D eigenvalue weighted by atomic mass is 16.5. The molecule has 0 radical (unpaired) electrons. The van der Waals surface area contributed by atoms with E-state index in [1.165, 1.54) is 45.2 Å². The summed E-state index contributed by atoms with van der Waals surface area (Å²) in [5.74, 6) is 0. The van der Waals surface area contributed by atoms with Gasteiger partial charge in [0.25, 0.3) is 0 Å². The van der Waals surface area contributed by atoms with Crippen LogP contribution in [0.2, 0.25) is 0 Å². The molecule has 0 spiro atoms. The molecule has 90 valence electrons. The molecule has 1 heterocycles. The normalized spacial score (nSPS) is 22.4. The SMILES string of the molecule is COCCCCN1CCCC1CCCO. The van der Waals surface area contributed by atoms with Crippen LogP contribution in [0, 0.1) is 0 Å². The van der Waals surface area contributed by atoms with Crippen LogP contribution in [0.5, 0.6) is 0 Å². The number of hydrogen-bond donors (Lipinski definition) is 1. The van der Waals surface area contributed by atoms with Crippen molar-refractivity contribution in [2.45, 2.75) is 44.6 Å². The molecule has 0 aromatic rings. The lowest BCUT2D eigenvalue weighted by molar-refractivity contribution is 0.176. The number of nitrogens with zero attached hydrogens (tertiary/aromatic N) is 1. The molecule has 0 saturated carbocycles. The summed E-state index contributed by atoms with van der Waals surface area (Å²) in [6, 6.07) is 0.736. The van der Waals surface area contributed by atoms with E-state index < -0.39 is 0 Å². The van der Waals surface area contributed by atoms with E-state index in [9.17, 15) is 0 Å². The number of ether oxygens (including phenoxy) is 1. The van der Waals surface area contributed by atoms with Crippen molar-refractivity contribution in [1.82, 2.24) is 4.90 Å². The van der Waals surface area contributed by atoms with Crippen LogP contribution in [0.1, 0.15) is 38.5 Å². The van der Waals surface area contributed by atoms with Gasteiger partial charge >= 0.3 is 0 Å². The van der Waals surface area contributed by atoms with Gasteiger partial charge in [-0.25, -0.2) is 0 Å². The summed E-state index contributed by atoms with van der Waals surface area (Å²) >= 11 is 0. The third-order valence-corrected chi connectivity index (χ3v) is 3.24. The van der Waals surface area contributed by atoms with Gasteiger partial charge < -0.3 is 14.7 Å². The van der Waals surface area contributed by atoms with Gasteiger partial charge in [0, 0.05) is 26.4 Å². The Morgan fingerprint density at radius 3 is 2.93 bits per heavy atom. The van der Waals surface area contributed by atoms with Crippen LogP contribution in [0.25, 0.3) is 0 Å². The molecule has 1 aliphatic heterocycles. The first-order valence-corrected chi connectivity index (χ1v) is 6.22. The van der Waals surface area contributed by atoms with Gasteiger partial charge in [0.1, 0.15) is 0 Å². The van der Waals surface area contributed by atoms with Gasteiger partial charge in [-0.2, -0.15) is 0 Å². The van der Waals surface area contributed by atoms with Crippen LogP contribution in [0.15, 0.2) is 0 Å².